The number of hydrogen-bond acceptors (Lipinski definition) is 3. The van der Waals surface area contributed by atoms with Gasteiger partial charge in [-0.25, -0.2) is 13.1 Å². The fraction of sp³-hybridized carbons (Fsp3) is 1.00. The van der Waals surface area contributed by atoms with Crippen LogP contribution < -0.4 is 4.72 Å². The Morgan fingerprint density at radius 2 is 2.12 bits per heavy atom. The maximum Gasteiger partial charge on any atom is 0.211 e. The first-order chi connectivity index (χ1) is 7.29. The zero-order valence-electron chi connectivity index (χ0n) is 9.99. The van der Waals surface area contributed by atoms with Crippen LogP contribution in [0.1, 0.15) is 26.7 Å². The SMILES string of the molecule is COCCCS(=O)(=O)NC1CC(Cl)C1(C)C. The maximum absolute atomic E-state index is 11.7. The van der Waals surface area contributed by atoms with Crippen LogP contribution in [0.4, 0.5) is 0 Å². The molecule has 2 atom stereocenters. The Morgan fingerprint density at radius 1 is 1.50 bits per heavy atom. The molecule has 1 N–H and O–H groups in total. The Kier molecular flexibility index (Phi) is 4.63. The van der Waals surface area contributed by atoms with Crippen molar-refractivity contribution in [1.82, 2.24) is 4.72 Å². The fourth-order valence-electron chi connectivity index (χ4n) is 1.74. The van der Waals surface area contributed by atoms with Crippen LogP contribution in [0.25, 0.3) is 0 Å². The van der Waals surface area contributed by atoms with Gasteiger partial charge in [0.25, 0.3) is 0 Å². The van der Waals surface area contributed by atoms with Crippen LogP contribution in [0.5, 0.6) is 0 Å². The van der Waals surface area contributed by atoms with Crippen molar-refractivity contribution in [1.29, 1.82) is 0 Å². The highest BCUT2D eigenvalue weighted by molar-refractivity contribution is 7.89. The van der Waals surface area contributed by atoms with E-state index in [1.807, 2.05) is 13.8 Å². The Balaban J connectivity index is 2.42. The monoisotopic (exact) mass is 269 g/mol. The average molecular weight is 270 g/mol. The Labute approximate surface area is 103 Å². The number of ether oxygens (including phenoxy) is 1. The highest BCUT2D eigenvalue weighted by atomic mass is 35.5. The zero-order chi connectivity index (χ0) is 12.4. The lowest BCUT2D eigenvalue weighted by molar-refractivity contribution is 0.137. The second kappa shape index (κ2) is 5.21. The topological polar surface area (TPSA) is 55.4 Å². The predicted molar refractivity (Wildman–Crippen MR) is 65.2 cm³/mol. The molecule has 4 nitrogen and oxygen atoms in total. The largest absolute Gasteiger partial charge is 0.385 e. The number of sulfonamides is 1. The molecule has 1 rings (SSSR count). The molecule has 0 aromatic heterocycles. The van der Waals surface area contributed by atoms with Gasteiger partial charge in [-0.15, -0.1) is 11.6 Å². The van der Waals surface area contributed by atoms with Gasteiger partial charge in [-0.05, 0) is 18.3 Å². The van der Waals surface area contributed by atoms with Crippen molar-refractivity contribution < 1.29 is 13.2 Å². The Bertz CT molecular complexity index is 329. The number of methoxy groups -OCH3 is 1. The number of nitrogens with one attached hydrogen (secondary N) is 1. The first kappa shape index (κ1) is 14.2. The normalized spacial score (nSPS) is 28.8. The van der Waals surface area contributed by atoms with Crippen LogP contribution in [0.2, 0.25) is 0 Å². The molecule has 6 heteroatoms. The van der Waals surface area contributed by atoms with Crippen molar-refractivity contribution in [2.24, 2.45) is 5.41 Å². The summed E-state index contributed by atoms with van der Waals surface area (Å²) in [6.45, 7) is 4.43. The third kappa shape index (κ3) is 3.32. The van der Waals surface area contributed by atoms with E-state index in [1.165, 1.54) is 0 Å². The first-order valence-electron chi connectivity index (χ1n) is 5.42. The van der Waals surface area contributed by atoms with Gasteiger partial charge in [0.15, 0.2) is 0 Å². The van der Waals surface area contributed by atoms with Crippen molar-refractivity contribution in [3.8, 4) is 0 Å². The molecule has 0 radical (unpaired) electrons. The number of halogens is 1. The minimum Gasteiger partial charge on any atom is -0.385 e. The summed E-state index contributed by atoms with van der Waals surface area (Å²) in [5.74, 6) is 0.111. The molecule has 1 aliphatic rings. The lowest BCUT2D eigenvalue weighted by Gasteiger charge is -2.49. The molecule has 0 heterocycles. The lowest BCUT2D eigenvalue weighted by atomic mass is 9.67. The van der Waals surface area contributed by atoms with Crippen LogP contribution in [0.15, 0.2) is 0 Å². The third-order valence-corrected chi connectivity index (χ3v) is 5.44. The maximum atomic E-state index is 11.7. The highest BCUT2D eigenvalue weighted by Gasteiger charge is 2.48. The molecule has 0 aromatic rings. The summed E-state index contributed by atoms with van der Waals surface area (Å²) in [5, 5.41) is 0.0548. The minimum absolute atomic E-state index is 0.0393. The molecule has 1 saturated carbocycles. The van der Waals surface area contributed by atoms with Gasteiger partial charge >= 0.3 is 0 Å². The van der Waals surface area contributed by atoms with Gasteiger partial charge in [-0.3, -0.25) is 0 Å². The summed E-state index contributed by atoms with van der Waals surface area (Å²) in [4.78, 5) is 0. The van der Waals surface area contributed by atoms with Crippen LogP contribution in [-0.4, -0.2) is 39.3 Å². The summed E-state index contributed by atoms with van der Waals surface area (Å²) < 4.78 is 30.9. The smallest absolute Gasteiger partial charge is 0.211 e. The molecule has 0 bridgehead atoms. The molecule has 0 aromatic carbocycles. The number of hydrogen-bond donors (Lipinski definition) is 1. The van der Waals surface area contributed by atoms with Crippen molar-refractivity contribution in [3.05, 3.63) is 0 Å². The third-order valence-electron chi connectivity index (χ3n) is 3.23. The molecule has 0 saturated heterocycles. The Hall–Kier alpha value is 0.160. The molecular weight excluding hydrogens is 250 g/mol. The van der Waals surface area contributed by atoms with Gasteiger partial charge in [-0.1, -0.05) is 13.8 Å². The van der Waals surface area contributed by atoms with Gasteiger partial charge in [0, 0.05) is 25.1 Å². The molecule has 2 unspecified atom stereocenters. The Morgan fingerprint density at radius 3 is 2.56 bits per heavy atom. The van der Waals surface area contributed by atoms with Crippen LogP contribution in [0.3, 0.4) is 0 Å². The minimum atomic E-state index is -3.20. The van der Waals surface area contributed by atoms with E-state index < -0.39 is 10.0 Å². The van der Waals surface area contributed by atoms with Crippen LogP contribution >= 0.6 is 11.6 Å². The van der Waals surface area contributed by atoms with E-state index in [1.54, 1.807) is 7.11 Å². The van der Waals surface area contributed by atoms with Gasteiger partial charge in [0.05, 0.1) is 5.75 Å². The fourth-order valence-corrected chi connectivity index (χ4v) is 3.52. The average Bonchev–Trinajstić information content (AvgIpc) is 2.17. The molecule has 0 amide bonds. The number of alkyl halides is 1. The molecule has 16 heavy (non-hydrogen) atoms. The summed E-state index contributed by atoms with van der Waals surface area (Å²) in [6.07, 6.45) is 1.22. The second-order valence-electron chi connectivity index (χ2n) is 4.86. The van der Waals surface area contributed by atoms with Crippen LogP contribution in [0, 0.1) is 5.41 Å². The van der Waals surface area contributed by atoms with E-state index >= 15 is 0 Å². The van der Waals surface area contributed by atoms with Crippen molar-refractivity contribution in [3.63, 3.8) is 0 Å². The number of rotatable bonds is 6. The van der Waals surface area contributed by atoms with Crippen molar-refractivity contribution in [2.45, 2.75) is 38.1 Å². The summed E-state index contributed by atoms with van der Waals surface area (Å²) in [5.41, 5.74) is -0.157. The highest BCUT2D eigenvalue weighted by Crippen LogP contribution is 2.44. The predicted octanol–water partition coefficient (Wildman–Crippen LogP) is 1.35. The lowest BCUT2D eigenvalue weighted by Crippen LogP contribution is -2.59. The van der Waals surface area contributed by atoms with E-state index in [4.69, 9.17) is 16.3 Å². The summed E-state index contributed by atoms with van der Waals surface area (Å²) in [7, 11) is -1.63. The molecule has 0 spiro atoms. The quantitative estimate of drug-likeness (QED) is 0.585. The van der Waals surface area contributed by atoms with E-state index in [-0.39, 0.29) is 22.6 Å². The van der Waals surface area contributed by atoms with Gasteiger partial charge < -0.3 is 4.74 Å². The van der Waals surface area contributed by atoms with Gasteiger partial charge in [0.2, 0.25) is 10.0 Å². The van der Waals surface area contributed by atoms with E-state index in [0.717, 1.165) is 0 Å². The van der Waals surface area contributed by atoms with E-state index in [2.05, 4.69) is 4.72 Å². The molecule has 1 fully saturated rings. The molecule has 0 aliphatic heterocycles. The van der Waals surface area contributed by atoms with Crippen LogP contribution in [-0.2, 0) is 14.8 Å². The van der Waals surface area contributed by atoms with Gasteiger partial charge in [0.1, 0.15) is 0 Å². The molecule has 1 aliphatic carbocycles. The van der Waals surface area contributed by atoms with E-state index in [9.17, 15) is 8.42 Å². The van der Waals surface area contributed by atoms with Gasteiger partial charge in [-0.2, -0.15) is 0 Å². The first-order valence-corrected chi connectivity index (χ1v) is 7.51. The summed E-state index contributed by atoms with van der Waals surface area (Å²) >= 11 is 6.04. The van der Waals surface area contributed by atoms with Crippen molar-refractivity contribution in [2.75, 3.05) is 19.5 Å². The molecule has 96 valence electrons. The van der Waals surface area contributed by atoms with E-state index in [0.29, 0.717) is 19.4 Å². The zero-order valence-corrected chi connectivity index (χ0v) is 11.6. The van der Waals surface area contributed by atoms with Crippen molar-refractivity contribution >= 4 is 21.6 Å². The second-order valence-corrected chi connectivity index (χ2v) is 7.26. The summed E-state index contributed by atoms with van der Waals surface area (Å²) in [6, 6.07) is -0.0393. The standard InChI is InChI=1S/C10H20ClNO3S/c1-10(2)8(11)7-9(10)12-16(13,14)6-4-5-15-3/h8-9,12H,4-7H2,1-3H3. The molecular formula is C10H20ClNO3S.